The summed E-state index contributed by atoms with van der Waals surface area (Å²) in [5, 5.41) is 2.80. The Labute approximate surface area is 224 Å². The van der Waals surface area contributed by atoms with Gasteiger partial charge in [-0.15, -0.1) is 0 Å². The number of rotatable bonds is 9. The molecule has 0 aliphatic heterocycles. The van der Waals surface area contributed by atoms with Gasteiger partial charge in [-0.1, -0.05) is 30.3 Å². The zero-order chi connectivity index (χ0) is 28.7. The number of nitrogen functional groups attached to an aromatic ring is 1. The minimum Gasteiger partial charge on any atom is -0.744 e. The topological polar surface area (TPSA) is 208 Å². The minimum absolute atomic E-state index is 0.00733. The molecule has 6 N–H and O–H groups in total. The van der Waals surface area contributed by atoms with Crippen molar-refractivity contribution < 1.29 is 41.5 Å². The fourth-order valence-corrected chi connectivity index (χ4v) is 6.31. The van der Waals surface area contributed by atoms with Crippen LogP contribution >= 0.6 is 0 Å². The highest BCUT2D eigenvalue weighted by Crippen LogP contribution is 2.40. The van der Waals surface area contributed by atoms with Gasteiger partial charge < -0.3 is 21.3 Å². The van der Waals surface area contributed by atoms with Gasteiger partial charge >= 0.3 is 0 Å². The van der Waals surface area contributed by atoms with E-state index in [0.29, 0.717) is 0 Å². The van der Waals surface area contributed by atoms with Crippen LogP contribution in [-0.4, -0.2) is 50.5 Å². The first-order valence-corrected chi connectivity index (χ1v) is 14.8. The SMILES string of the molecule is CC([NH3+])C(=O)CCCS(=O)(=O)c1cccc(Nc2cc(S(=O)(=O)[O-])c(N)c3c2C(=O)c2ccccc2C3=O)c1. The summed E-state index contributed by atoms with van der Waals surface area (Å²) in [4.78, 5) is 37.5. The smallest absolute Gasteiger partial charge is 0.196 e. The molecule has 3 aromatic rings. The van der Waals surface area contributed by atoms with Gasteiger partial charge in [-0.3, -0.25) is 14.4 Å². The molecule has 3 aromatic carbocycles. The van der Waals surface area contributed by atoms with Crippen LogP contribution in [0.3, 0.4) is 0 Å². The molecule has 11 nitrogen and oxygen atoms in total. The molecule has 204 valence electrons. The maximum absolute atomic E-state index is 13.4. The Morgan fingerprint density at radius 3 is 2.18 bits per heavy atom. The van der Waals surface area contributed by atoms with Crippen molar-refractivity contribution in [2.24, 2.45) is 0 Å². The monoisotopic (exact) mass is 571 g/mol. The minimum atomic E-state index is -5.16. The van der Waals surface area contributed by atoms with Crippen LogP contribution in [0.25, 0.3) is 0 Å². The zero-order valence-corrected chi connectivity index (χ0v) is 22.4. The predicted octanol–water partition coefficient (Wildman–Crippen LogP) is 1.45. The van der Waals surface area contributed by atoms with Crippen molar-refractivity contribution in [3.63, 3.8) is 0 Å². The van der Waals surface area contributed by atoms with Crippen LogP contribution in [0.2, 0.25) is 0 Å². The van der Waals surface area contributed by atoms with E-state index in [4.69, 9.17) is 5.73 Å². The van der Waals surface area contributed by atoms with E-state index in [0.717, 1.165) is 6.07 Å². The highest BCUT2D eigenvalue weighted by molar-refractivity contribution is 7.91. The largest absolute Gasteiger partial charge is 0.744 e. The van der Waals surface area contributed by atoms with Crippen molar-refractivity contribution in [2.45, 2.75) is 35.6 Å². The molecule has 0 fully saturated rings. The molecule has 1 aliphatic carbocycles. The van der Waals surface area contributed by atoms with Gasteiger partial charge in [0.15, 0.2) is 27.2 Å². The lowest BCUT2D eigenvalue weighted by molar-refractivity contribution is -0.397. The van der Waals surface area contributed by atoms with E-state index in [1.54, 1.807) is 13.0 Å². The number of carbonyl (C=O) groups is 3. The number of quaternary nitrogens is 1. The Bertz CT molecular complexity index is 1750. The maximum Gasteiger partial charge on any atom is 0.196 e. The number of ketones is 3. The Balaban J connectivity index is 1.77. The number of Topliss-reactive ketones (excluding diaryl/α,β-unsaturated/α-hetero) is 1. The van der Waals surface area contributed by atoms with Crippen LogP contribution in [-0.2, 0) is 24.7 Å². The molecule has 1 aliphatic rings. The summed E-state index contributed by atoms with van der Waals surface area (Å²) < 4.78 is 61.7. The molecule has 4 rings (SSSR count). The van der Waals surface area contributed by atoms with E-state index >= 15 is 0 Å². The molecular weight excluding hydrogens is 546 g/mol. The Morgan fingerprint density at radius 1 is 0.974 bits per heavy atom. The number of anilines is 3. The van der Waals surface area contributed by atoms with Gasteiger partial charge in [0.2, 0.25) is 0 Å². The molecule has 0 radical (unpaired) electrons. The van der Waals surface area contributed by atoms with E-state index in [-0.39, 0.29) is 57.3 Å². The fourth-order valence-electron chi connectivity index (χ4n) is 4.32. The van der Waals surface area contributed by atoms with Crippen LogP contribution < -0.4 is 16.8 Å². The number of nitrogens with one attached hydrogen (secondary N) is 1. The maximum atomic E-state index is 13.4. The summed E-state index contributed by atoms with van der Waals surface area (Å²) in [5.74, 6) is -1.81. The van der Waals surface area contributed by atoms with Crippen molar-refractivity contribution >= 4 is 54.4 Å². The average Bonchev–Trinajstić information content (AvgIpc) is 2.87. The molecule has 0 saturated carbocycles. The van der Waals surface area contributed by atoms with E-state index in [2.05, 4.69) is 11.1 Å². The van der Waals surface area contributed by atoms with E-state index < -0.39 is 53.7 Å². The van der Waals surface area contributed by atoms with Crippen LogP contribution in [0.1, 0.15) is 51.6 Å². The average molecular weight is 572 g/mol. The summed E-state index contributed by atoms with van der Waals surface area (Å²) >= 11 is 0. The van der Waals surface area contributed by atoms with Crippen LogP contribution in [0.5, 0.6) is 0 Å². The molecule has 1 atom stereocenters. The van der Waals surface area contributed by atoms with Gasteiger partial charge in [0.25, 0.3) is 0 Å². The predicted molar refractivity (Wildman–Crippen MR) is 140 cm³/mol. The number of carbonyl (C=O) groups excluding carboxylic acids is 3. The van der Waals surface area contributed by atoms with Crippen molar-refractivity contribution in [2.75, 3.05) is 16.8 Å². The first-order chi connectivity index (χ1) is 18.2. The second kappa shape index (κ2) is 10.3. The second-order valence-corrected chi connectivity index (χ2v) is 12.6. The molecule has 0 aromatic heterocycles. The van der Waals surface area contributed by atoms with E-state index in [1.165, 1.54) is 42.5 Å². The van der Waals surface area contributed by atoms with Gasteiger partial charge in [0.05, 0.1) is 38.0 Å². The van der Waals surface area contributed by atoms with Crippen molar-refractivity contribution in [3.05, 3.63) is 76.9 Å². The van der Waals surface area contributed by atoms with Gasteiger partial charge in [0, 0.05) is 23.2 Å². The van der Waals surface area contributed by atoms with Crippen LogP contribution in [0.4, 0.5) is 17.1 Å². The van der Waals surface area contributed by atoms with Crippen molar-refractivity contribution in [1.82, 2.24) is 0 Å². The quantitative estimate of drug-likeness (QED) is 0.194. The summed E-state index contributed by atoms with van der Waals surface area (Å²) in [6.45, 7) is 1.63. The summed E-state index contributed by atoms with van der Waals surface area (Å²) in [6.07, 6.45) is 0.161. The zero-order valence-electron chi connectivity index (χ0n) is 20.8. The number of benzene rings is 3. The molecule has 1 unspecified atom stereocenters. The molecule has 0 heterocycles. The molecule has 0 saturated heterocycles. The van der Waals surface area contributed by atoms with Gasteiger partial charge in [0.1, 0.15) is 16.2 Å². The normalized spacial score (nSPS) is 13.9. The standard InChI is InChI=1S/C26H25N3O8S2/c1-14(27)20(30)10-5-11-38(33,34)16-7-4-6-15(12-16)29-19-13-21(39(35,36)37)24(28)23-22(19)25(31)17-8-2-3-9-18(17)26(23)32/h2-4,6-9,12-14,29H,5,10-11,27-28H2,1H3,(H,35,36,37). The van der Waals surface area contributed by atoms with Gasteiger partial charge in [-0.25, -0.2) is 16.8 Å². The van der Waals surface area contributed by atoms with Crippen molar-refractivity contribution in [3.8, 4) is 0 Å². The van der Waals surface area contributed by atoms with Crippen LogP contribution in [0.15, 0.2) is 64.4 Å². The molecule has 13 heteroatoms. The van der Waals surface area contributed by atoms with Crippen LogP contribution in [0, 0.1) is 0 Å². The Morgan fingerprint density at radius 2 is 1.59 bits per heavy atom. The number of fused-ring (bicyclic) bond motifs is 2. The fraction of sp³-hybridized carbons (Fsp3) is 0.192. The Hall–Kier alpha value is -3.91. The first kappa shape index (κ1) is 28.1. The number of hydrogen-bond donors (Lipinski definition) is 3. The van der Waals surface area contributed by atoms with E-state index in [1.807, 2.05) is 0 Å². The van der Waals surface area contributed by atoms with Gasteiger partial charge in [-0.2, -0.15) is 0 Å². The molecule has 0 amide bonds. The molecule has 0 spiro atoms. The van der Waals surface area contributed by atoms with E-state index in [9.17, 15) is 35.8 Å². The summed E-state index contributed by atoms with van der Waals surface area (Å²) in [6, 6.07) is 11.8. The third kappa shape index (κ3) is 5.47. The Kier molecular flexibility index (Phi) is 7.45. The second-order valence-electron chi connectivity index (χ2n) is 9.19. The summed E-state index contributed by atoms with van der Waals surface area (Å²) in [7, 11) is -8.97. The lowest BCUT2D eigenvalue weighted by atomic mass is 9.82. The summed E-state index contributed by atoms with van der Waals surface area (Å²) in [5.41, 5.74) is 8.28. The van der Waals surface area contributed by atoms with Crippen molar-refractivity contribution in [1.29, 1.82) is 0 Å². The highest BCUT2D eigenvalue weighted by Gasteiger charge is 2.35. The number of nitrogens with two attached hydrogens (primary N) is 1. The van der Waals surface area contributed by atoms with Gasteiger partial charge in [-0.05, 0) is 37.6 Å². The lowest BCUT2D eigenvalue weighted by Crippen LogP contribution is -2.63. The third-order valence-corrected chi connectivity index (χ3v) is 9.00. The molecule has 39 heavy (non-hydrogen) atoms. The first-order valence-electron chi connectivity index (χ1n) is 11.8. The number of hydrogen-bond acceptors (Lipinski definition) is 10. The highest BCUT2D eigenvalue weighted by atomic mass is 32.2. The third-order valence-electron chi connectivity index (χ3n) is 6.33. The number of sulfone groups is 1. The molecule has 0 bridgehead atoms. The lowest BCUT2D eigenvalue weighted by Gasteiger charge is -2.25. The molecular formula is C26H25N3O8S2.